The van der Waals surface area contributed by atoms with Gasteiger partial charge in [0.05, 0.1) is 19.3 Å². The number of aliphatic hydroxyl groups excluding tert-OH is 1. The highest BCUT2D eigenvalue weighted by molar-refractivity contribution is 9.10. The summed E-state index contributed by atoms with van der Waals surface area (Å²) in [6.07, 6.45) is -0.395. The number of aliphatic hydroxyl groups is 1. The van der Waals surface area contributed by atoms with Gasteiger partial charge in [-0.15, -0.1) is 0 Å². The summed E-state index contributed by atoms with van der Waals surface area (Å²) in [5.41, 5.74) is 7.53. The molecule has 0 aliphatic carbocycles. The van der Waals surface area contributed by atoms with Crippen molar-refractivity contribution in [2.75, 3.05) is 7.11 Å². The molecular weight excluding hydrogens is 334 g/mol. The first kappa shape index (κ1) is 15.8. The van der Waals surface area contributed by atoms with Crippen molar-refractivity contribution in [2.24, 2.45) is 5.73 Å². The fourth-order valence-corrected chi connectivity index (χ4v) is 2.65. The fraction of sp³-hybridized carbons (Fsp3) is 0.250. The van der Waals surface area contributed by atoms with Crippen molar-refractivity contribution < 1.29 is 14.9 Å². The Labute approximate surface area is 132 Å². The second-order valence-electron chi connectivity index (χ2n) is 4.83. The number of hydrogen-bond donors (Lipinski definition) is 3. The van der Waals surface area contributed by atoms with E-state index in [0.29, 0.717) is 17.7 Å². The summed E-state index contributed by atoms with van der Waals surface area (Å²) in [6.45, 7) is 0. The number of hydrogen-bond acceptors (Lipinski definition) is 4. The molecule has 2 aromatic carbocycles. The minimum Gasteiger partial charge on any atom is -0.504 e. The van der Waals surface area contributed by atoms with E-state index in [9.17, 15) is 10.2 Å². The zero-order chi connectivity index (χ0) is 15.4. The molecule has 0 spiro atoms. The first-order valence-corrected chi connectivity index (χ1v) is 7.36. The van der Waals surface area contributed by atoms with Crippen molar-refractivity contribution in [1.29, 1.82) is 0 Å². The summed E-state index contributed by atoms with van der Waals surface area (Å²) < 4.78 is 5.83. The highest BCUT2D eigenvalue weighted by Gasteiger charge is 2.22. The van der Waals surface area contributed by atoms with Gasteiger partial charge in [0.15, 0.2) is 11.5 Å². The summed E-state index contributed by atoms with van der Waals surface area (Å²) in [7, 11) is 1.47. The zero-order valence-corrected chi connectivity index (χ0v) is 13.2. The average Bonchev–Trinajstić information content (AvgIpc) is 2.49. The maximum Gasteiger partial charge on any atom is 0.162 e. The van der Waals surface area contributed by atoms with Crippen molar-refractivity contribution in [1.82, 2.24) is 0 Å². The van der Waals surface area contributed by atoms with Gasteiger partial charge in [0, 0.05) is 16.5 Å². The van der Waals surface area contributed by atoms with Crippen LogP contribution in [0.1, 0.15) is 17.2 Å². The number of rotatable bonds is 5. The molecule has 0 radical (unpaired) electrons. The number of aromatic hydroxyl groups is 1. The smallest absolute Gasteiger partial charge is 0.162 e. The number of phenolic OH excluding ortho intramolecular Hbond substituents is 1. The SMILES string of the molecule is COc1cc(Br)cc([C@@H](N)[C@@H](O)Cc2ccccc2)c1O. The minimum absolute atomic E-state index is 0.0414. The Bertz CT molecular complexity index is 604. The molecule has 2 aromatic rings. The fourth-order valence-electron chi connectivity index (χ4n) is 2.19. The van der Waals surface area contributed by atoms with E-state index < -0.39 is 12.1 Å². The summed E-state index contributed by atoms with van der Waals surface area (Å²) >= 11 is 3.34. The Balaban J connectivity index is 2.23. The van der Waals surface area contributed by atoms with E-state index >= 15 is 0 Å². The first-order chi connectivity index (χ1) is 10.0. The Hall–Kier alpha value is -1.56. The van der Waals surface area contributed by atoms with Gasteiger partial charge in [-0.3, -0.25) is 0 Å². The van der Waals surface area contributed by atoms with Crippen LogP contribution in [-0.4, -0.2) is 23.4 Å². The molecule has 0 amide bonds. The Morgan fingerprint density at radius 2 is 1.90 bits per heavy atom. The third-order valence-corrected chi connectivity index (χ3v) is 3.81. The molecule has 112 valence electrons. The van der Waals surface area contributed by atoms with Gasteiger partial charge in [-0.1, -0.05) is 46.3 Å². The van der Waals surface area contributed by atoms with Crippen molar-refractivity contribution in [3.8, 4) is 11.5 Å². The molecule has 0 bridgehead atoms. The zero-order valence-electron chi connectivity index (χ0n) is 11.7. The second kappa shape index (κ2) is 6.93. The third-order valence-electron chi connectivity index (χ3n) is 3.35. The van der Waals surface area contributed by atoms with Crippen LogP contribution in [0.15, 0.2) is 46.9 Å². The maximum atomic E-state index is 10.3. The van der Waals surface area contributed by atoms with Crippen LogP contribution in [0.3, 0.4) is 0 Å². The van der Waals surface area contributed by atoms with Crippen LogP contribution < -0.4 is 10.5 Å². The summed E-state index contributed by atoms with van der Waals surface area (Å²) in [5.74, 6) is 0.280. The number of phenols is 1. The number of ether oxygens (including phenoxy) is 1. The van der Waals surface area contributed by atoms with Gasteiger partial charge in [-0.05, 0) is 17.7 Å². The summed E-state index contributed by atoms with van der Waals surface area (Å²) in [6, 6.07) is 12.2. The lowest BCUT2D eigenvalue weighted by atomic mass is 9.96. The molecule has 0 fully saturated rings. The molecule has 0 heterocycles. The van der Waals surface area contributed by atoms with E-state index in [4.69, 9.17) is 10.5 Å². The largest absolute Gasteiger partial charge is 0.504 e. The van der Waals surface area contributed by atoms with Crippen LogP contribution in [0, 0.1) is 0 Å². The van der Waals surface area contributed by atoms with Crippen molar-refractivity contribution in [3.63, 3.8) is 0 Å². The van der Waals surface area contributed by atoms with E-state index in [1.807, 2.05) is 30.3 Å². The Kier molecular flexibility index (Phi) is 5.22. The number of methoxy groups -OCH3 is 1. The molecule has 0 aliphatic heterocycles. The van der Waals surface area contributed by atoms with Crippen LogP contribution in [0.25, 0.3) is 0 Å². The Morgan fingerprint density at radius 3 is 2.52 bits per heavy atom. The second-order valence-corrected chi connectivity index (χ2v) is 5.74. The van der Waals surface area contributed by atoms with Crippen LogP contribution >= 0.6 is 15.9 Å². The molecule has 0 saturated carbocycles. The molecule has 21 heavy (non-hydrogen) atoms. The number of nitrogens with two attached hydrogens (primary N) is 1. The molecule has 0 aromatic heterocycles. The average molecular weight is 352 g/mol. The predicted molar refractivity (Wildman–Crippen MR) is 85.4 cm³/mol. The molecule has 0 saturated heterocycles. The monoisotopic (exact) mass is 351 g/mol. The number of benzene rings is 2. The maximum absolute atomic E-state index is 10.3. The van der Waals surface area contributed by atoms with Crippen LogP contribution in [0.2, 0.25) is 0 Å². The van der Waals surface area contributed by atoms with E-state index in [1.54, 1.807) is 12.1 Å². The standard InChI is InChI=1S/C16H18BrNO3/c1-21-14-9-11(17)8-12(16(14)20)15(18)13(19)7-10-5-3-2-4-6-10/h2-6,8-9,13,15,19-20H,7,18H2,1H3/t13-,15+/m0/s1. The normalized spacial score (nSPS) is 13.7. The molecule has 4 N–H and O–H groups in total. The highest BCUT2D eigenvalue weighted by Crippen LogP contribution is 2.37. The van der Waals surface area contributed by atoms with E-state index in [0.717, 1.165) is 10.0 Å². The molecular formula is C16H18BrNO3. The molecule has 2 atom stereocenters. The van der Waals surface area contributed by atoms with Gasteiger partial charge < -0.3 is 20.7 Å². The lowest BCUT2D eigenvalue weighted by molar-refractivity contribution is 0.143. The quantitative estimate of drug-likeness (QED) is 0.774. The van der Waals surface area contributed by atoms with Gasteiger partial charge in [-0.2, -0.15) is 0 Å². The molecule has 5 heteroatoms. The highest BCUT2D eigenvalue weighted by atomic mass is 79.9. The Morgan fingerprint density at radius 1 is 1.24 bits per heavy atom. The summed E-state index contributed by atoms with van der Waals surface area (Å²) in [4.78, 5) is 0. The number of halogens is 1. The van der Waals surface area contributed by atoms with Crippen molar-refractivity contribution in [3.05, 3.63) is 58.1 Å². The first-order valence-electron chi connectivity index (χ1n) is 6.57. The van der Waals surface area contributed by atoms with Crippen molar-refractivity contribution in [2.45, 2.75) is 18.6 Å². The van der Waals surface area contributed by atoms with Gasteiger partial charge in [0.2, 0.25) is 0 Å². The lowest BCUT2D eigenvalue weighted by Crippen LogP contribution is -2.28. The van der Waals surface area contributed by atoms with Crippen LogP contribution in [0.5, 0.6) is 11.5 Å². The van der Waals surface area contributed by atoms with Gasteiger partial charge in [0.1, 0.15) is 0 Å². The predicted octanol–water partition coefficient (Wildman–Crippen LogP) is 2.77. The van der Waals surface area contributed by atoms with E-state index in [1.165, 1.54) is 7.11 Å². The van der Waals surface area contributed by atoms with Crippen molar-refractivity contribution >= 4 is 15.9 Å². The van der Waals surface area contributed by atoms with Crippen LogP contribution in [0.4, 0.5) is 0 Å². The van der Waals surface area contributed by atoms with E-state index in [-0.39, 0.29) is 5.75 Å². The molecule has 2 rings (SSSR count). The molecule has 0 unspecified atom stereocenters. The topological polar surface area (TPSA) is 75.7 Å². The third kappa shape index (κ3) is 3.75. The molecule has 4 nitrogen and oxygen atoms in total. The minimum atomic E-state index is -0.808. The summed E-state index contributed by atoms with van der Waals surface area (Å²) in [5, 5.41) is 20.5. The van der Waals surface area contributed by atoms with Gasteiger partial charge in [0.25, 0.3) is 0 Å². The molecule has 0 aliphatic rings. The van der Waals surface area contributed by atoms with Gasteiger partial charge in [-0.25, -0.2) is 0 Å². The lowest BCUT2D eigenvalue weighted by Gasteiger charge is -2.21. The van der Waals surface area contributed by atoms with E-state index in [2.05, 4.69) is 15.9 Å². The van der Waals surface area contributed by atoms with Gasteiger partial charge >= 0.3 is 0 Å². The van der Waals surface area contributed by atoms with Crippen LogP contribution in [-0.2, 0) is 6.42 Å².